The van der Waals surface area contributed by atoms with Gasteiger partial charge in [0, 0.05) is 29.2 Å². The highest BCUT2D eigenvalue weighted by Gasteiger charge is 2.10. The van der Waals surface area contributed by atoms with Crippen molar-refractivity contribution in [3.63, 3.8) is 0 Å². The molecule has 0 bridgehead atoms. The summed E-state index contributed by atoms with van der Waals surface area (Å²) < 4.78 is 0. The van der Waals surface area contributed by atoms with Crippen LogP contribution in [-0.4, -0.2) is 16.2 Å². The van der Waals surface area contributed by atoms with Gasteiger partial charge in [0.05, 0.1) is 0 Å². The van der Waals surface area contributed by atoms with E-state index in [-0.39, 0.29) is 11.3 Å². The van der Waals surface area contributed by atoms with Gasteiger partial charge in [0.1, 0.15) is 0 Å². The second-order valence-corrected chi connectivity index (χ2v) is 3.16. The van der Waals surface area contributed by atoms with E-state index in [4.69, 9.17) is 5.73 Å². The molecule has 0 saturated heterocycles. The minimum atomic E-state index is -0.0961. The highest BCUT2D eigenvalue weighted by atomic mass is 16.1. The van der Waals surface area contributed by atoms with Crippen molar-refractivity contribution in [1.29, 1.82) is 0 Å². The van der Waals surface area contributed by atoms with Gasteiger partial charge in [-0.25, -0.2) is 0 Å². The first-order valence-electron chi connectivity index (χ1n) is 4.58. The molecule has 0 aliphatic heterocycles. The van der Waals surface area contributed by atoms with Gasteiger partial charge in [-0.15, -0.1) is 0 Å². The van der Waals surface area contributed by atoms with Crippen LogP contribution in [0.3, 0.4) is 0 Å². The summed E-state index contributed by atoms with van der Waals surface area (Å²) in [6.45, 7) is 0. The molecule has 0 amide bonds. The Bertz CT molecular complexity index is 483. The monoisotopic (exact) mass is 216 g/mol. The topological polar surface area (TPSA) is 87.5 Å². The third kappa shape index (κ3) is 2.24. The summed E-state index contributed by atoms with van der Waals surface area (Å²) in [4.78, 5) is 15.8. The average Bonchev–Trinajstić information content (AvgIpc) is 2.30. The Morgan fingerprint density at radius 1 is 1.12 bits per heavy atom. The molecule has 4 N–H and O–H groups in total. The Morgan fingerprint density at radius 3 is 2.50 bits per heavy atom. The number of benzene rings is 1. The summed E-state index contributed by atoms with van der Waals surface area (Å²) >= 11 is 0. The number of aromatic nitrogens is 1. The summed E-state index contributed by atoms with van der Waals surface area (Å²) in [5, 5.41) is 0. The maximum Gasteiger partial charge on any atom is 0.196 e. The third-order valence-corrected chi connectivity index (χ3v) is 2.13. The van der Waals surface area contributed by atoms with E-state index in [0.29, 0.717) is 16.8 Å². The van der Waals surface area contributed by atoms with Crippen LogP contribution in [0.15, 0.2) is 48.8 Å². The molecule has 0 unspecified atom stereocenters. The number of carbonyl (C=O) groups excluding carboxylic acids is 1. The Balaban J connectivity index is 0.00000128. The molecule has 0 radical (unpaired) electrons. The predicted octanol–water partition coefficient (Wildman–Crippen LogP) is 1.07. The number of nitrogen functional groups attached to an aromatic ring is 1. The largest absolute Gasteiger partial charge is 0.412 e. The normalized spacial score (nSPS) is 9.25. The van der Waals surface area contributed by atoms with Gasteiger partial charge in [-0.05, 0) is 24.3 Å². The number of hydrogen-bond donors (Lipinski definition) is 1. The Morgan fingerprint density at radius 2 is 1.88 bits per heavy atom. The van der Waals surface area contributed by atoms with Crippen molar-refractivity contribution in [2.45, 2.75) is 0 Å². The van der Waals surface area contributed by atoms with Crippen LogP contribution < -0.4 is 5.73 Å². The lowest BCUT2D eigenvalue weighted by Gasteiger charge is -2.03. The number of nitrogens with zero attached hydrogens (tertiary/aromatic N) is 1. The van der Waals surface area contributed by atoms with Crippen LogP contribution in [0, 0.1) is 0 Å². The fourth-order valence-electron chi connectivity index (χ4n) is 1.36. The number of para-hydroxylation sites is 1. The van der Waals surface area contributed by atoms with E-state index in [1.165, 1.54) is 6.20 Å². The third-order valence-electron chi connectivity index (χ3n) is 2.13. The standard InChI is InChI=1S/C12H10N2O.H2O/c13-11-6-2-1-5-10(11)12(15)9-4-3-7-14-8-9;/h1-8H,13H2;1H2. The predicted molar refractivity (Wildman–Crippen MR) is 62.1 cm³/mol. The van der Waals surface area contributed by atoms with Gasteiger partial charge in [0.15, 0.2) is 5.78 Å². The van der Waals surface area contributed by atoms with Gasteiger partial charge in [-0.1, -0.05) is 12.1 Å². The van der Waals surface area contributed by atoms with Crippen molar-refractivity contribution in [3.8, 4) is 0 Å². The molecular weight excluding hydrogens is 204 g/mol. The lowest BCUT2D eigenvalue weighted by Crippen LogP contribution is -2.05. The van der Waals surface area contributed by atoms with Gasteiger partial charge in [-0.2, -0.15) is 0 Å². The minimum Gasteiger partial charge on any atom is -0.412 e. The molecule has 0 aliphatic carbocycles. The summed E-state index contributed by atoms with van der Waals surface area (Å²) in [6.07, 6.45) is 3.17. The zero-order valence-electron chi connectivity index (χ0n) is 8.55. The van der Waals surface area contributed by atoms with Gasteiger partial charge in [0.25, 0.3) is 0 Å². The van der Waals surface area contributed by atoms with Crippen molar-refractivity contribution in [2.24, 2.45) is 0 Å². The zero-order valence-corrected chi connectivity index (χ0v) is 8.55. The summed E-state index contributed by atoms with van der Waals surface area (Å²) in [5.74, 6) is -0.0961. The van der Waals surface area contributed by atoms with E-state index in [1.54, 1.807) is 42.6 Å². The molecule has 1 aromatic carbocycles. The molecule has 0 aliphatic rings. The van der Waals surface area contributed by atoms with Crippen LogP contribution >= 0.6 is 0 Å². The van der Waals surface area contributed by atoms with Crippen molar-refractivity contribution in [2.75, 3.05) is 5.73 Å². The number of nitrogens with two attached hydrogens (primary N) is 1. The molecule has 4 heteroatoms. The molecule has 16 heavy (non-hydrogen) atoms. The Hall–Kier alpha value is -2.20. The van der Waals surface area contributed by atoms with Crippen LogP contribution in [0.5, 0.6) is 0 Å². The smallest absolute Gasteiger partial charge is 0.196 e. The first kappa shape index (κ1) is 11.9. The maximum absolute atomic E-state index is 11.9. The highest BCUT2D eigenvalue weighted by Crippen LogP contribution is 2.15. The average molecular weight is 216 g/mol. The zero-order chi connectivity index (χ0) is 10.7. The lowest BCUT2D eigenvalue weighted by molar-refractivity contribution is 0.103. The van der Waals surface area contributed by atoms with Crippen LogP contribution in [0.1, 0.15) is 15.9 Å². The number of rotatable bonds is 2. The summed E-state index contributed by atoms with van der Waals surface area (Å²) in [6, 6.07) is 10.5. The molecule has 0 saturated carbocycles. The van der Waals surface area contributed by atoms with E-state index in [1.807, 2.05) is 0 Å². The van der Waals surface area contributed by atoms with Gasteiger partial charge < -0.3 is 11.2 Å². The summed E-state index contributed by atoms with van der Waals surface area (Å²) in [7, 11) is 0. The van der Waals surface area contributed by atoms with E-state index in [2.05, 4.69) is 4.98 Å². The van der Waals surface area contributed by atoms with Crippen LogP contribution in [0.25, 0.3) is 0 Å². The van der Waals surface area contributed by atoms with Crippen molar-refractivity contribution in [1.82, 2.24) is 4.98 Å². The Labute approximate surface area is 93.1 Å². The Kier molecular flexibility index (Phi) is 3.74. The molecule has 0 atom stereocenters. The highest BCUT2D eigenvalue weighted by molar-refractivity contribution is 6.11. The fraction of sp³-hybridized carbons (Fsp3) is 0. The number of pyridine rings is 1. The van der Waals surface area contributed by atoms with E-state index < -0.39 is 0 Å². The van der Waals surface area contributed by atoms with E-state index >= 15 is 0 Å². The molecule has 2 aromatic rings. The quantitative estimate of drug-likeness (QED) is 0.601. The lowest BCUT2D eigenvalue weighted by atomic mass is 10.0. The number of carbonyl (C=O) groups is 1. The SMILES string of the molecule is Nc1ccccc1C(=O)c1cccnc1.O. The molecular formula is C12H12N2O2. The fourth-order valence-corrected chi connectivity index (χ4v) is 1.36. The molecule has 4 nitrogen and oxygen atoms in total. The van der Waals surface area contributed by atoms with Crippen molar-refractivity contribution < 1.29 is 10.3 Å². The molecule has 0 spiro atoms. The van der Waals surface area contributed by atoms with Crippen LogP contribution in [0.2, 0.25) is 0 Å². The minimum absolute atomic E-state index is 0. The van der Waals surface area contributed by atoms with E-state index in [9.17, 15) is 4.79 Å². The van der Waals surface area contributed by atoms with Crippen molar-refractivity contribution in [3.05, 3.63) is 59.9 Å². The van der Waals surface area contributed by atoms with Crippen LogP contribution in [0.4, 0.5) is 5.69 Å². The second-order valence-electron chi connectivity index (χ2n) is 3.16. The van der Waals surface area contributed by atoms with Crippen LogP contribution in [-0.2, 0) is 0 Å². The first-order chi connectivity index (χ1) is 7.29. The molecule has 0 fully saturated rings. The first-order valence-corrected chi connectivity index (χ1v) is 4.58. The number of ketones is 1. The van der Waals surface area contributed by atoms with E-state index in [0.717, 1.165) is 0 Å². The molecule has 1 aromatic heterocycles. The summed E-state index contributed by atoms with van der Waals surface area (Å²) in [5.41, 5.74) is 7.28. The van der Waals surface area contributed by atoms with Gasteiger partial charge in [0.2, 0.25) is 0 Å². The van der Waals surface area contributed by atoms with Gasteiger partial charge >= 0.3 is 0 Å². The molecule has 2 rings (SSSR count). The van der Waals surface area contributed by atoms with Gasteiger partial charge in [-0.3, -0.25) is 9.78 Å². The molecule has 82 valence electrons. The van der Waals surface area contributed by atoms with Crippen molar-refractivity contribution >= 4 is 11.5 Å². The number of anilines is 1. The molecule has 1 heterocycles. The second kappa shape index (κ2) is 5.04. The maximum atomic E-state index is 11.9. The number of hydrogen-bond acceptors (Lipinski definition) is 3.